The van der Waals surface area contributed by atoms with E-state index in [9.17, 15) is 0 Å². The molecule has 1 fully saturated rings. The molecule has 0 saturated heterocycles. The first-order chi connectivity index (χ1) is 4.43. The predicted molar refractivity (Wildman–Crippen MR) is 36.9 cm³/mol. The fourth-order valence-corrected chi connectivity index (χ4v) is 1.44. The van der Waals surface area contributed by atoms with Gasteiger partial charge in [0, 0.05) is 6.42 Å². The van der Waals surface area contributed by atoms with E-state index in [0.29, 0.717) is 5.92 Å². The molecule has 0 aromatic heterocycles. The summed E-state index contributed by atoms with van der Waals surface area (Å²) in [6.07, 6.45) is 9.58. The number of aliphatic hydroxyl groups excluding tert-OH is 1. The van der Waals surface area contributed by atoms with Crippen LogP contribution in [0.25, 0.3) is 0 Å². The van der Waals surface area contributed by atoms with Gasteiger partial charge in [-0.15, -0.1) is 0 Å². The zero-order valence-corrected chi connectivity index (χ0v) is 5.77. The van der Waals surface area contributed by atoms with Crippen molar-refractivity contribution in [3.05, 3.63) is 6.42 Å². The van der Waals surface area contributed by atoms with Crippen LogP contribution >= 0.6 is 0 Å². The Labute approximate surface area is 57.1 Å². The van der Waals surface area contributed by atoms with Crippen LogP contribution in [0.4, 0.5) is 0 Å². The van der Waals surface area contributed by atoms with Gasteiger partial charge in [-0.2, -0.15) is 0 Å². The summed E-state index contributed by atoms with van der Waals surface area (Å²) in [7, 11) is 0. The summed E-state index contributed by atoms with van der Waals surface area (Å²) in [4.78, 5) is 0. The molecule has 0 atom stereocenters. The molecule has 9 heavy (non-hydrogen) atoms. The second-order valence-corrected chi connectivity index (χ2v) is 2.70. The van der Waals surface area contributed by atoms with E-state index in [4.69, 9.17) is 5.11 Å². The largest absolute Gasteiger partial charge is 0.396 e. The van der Waals surface area contributed by atoms with Gasteiger partial charge in [0.15, 0.2) is 0 Å². The van der Waals surface area contributed by atoms with Crippen LogP contribution in [0.1, 0.15) is 32.1 Å². The van der Waals surface area contributed by atoms with E-state index in [1.54, 1.807) is 0 Å². The maximum Gasteiger partial charge on any atom is 0.0503 e. The van der Waals surface area contributed by atoms with E-state index in [1.165, 1.54) is 32.1 Å². The van der Waals surface area contributed by atoms with Crippen LogP contribution in [0.2, 0.25) is 0 Å². The lowest BCUT2D eigenvalue weighted by Crippen LogP contribution is -2.08. The van der Waals surface area contributed by atoms with Crippen molar-refractivity contribution in [3.8, 4) is 0 Å². The van der Waals surface area contributed by atoms with Crippen LogP contribution in [0.5, 0.6) is 0 Å². The second kappa shape index (κ2) is 3.89. The molecule has 1 rings (SSSR count). The average molecular weight is 126 g/mol. The number of hydrogen-bond acceptors (Lipinski definition) is 1. The Hall–Kier alpha value is -0.0400. The smallest absolute Gasteiger partial charge is 0.0503 e. The van der Waals surface area contributed by atoms with Gasteiger partial charge in [-0.25, -0.2) is 0 Å². The molecule has 0 aromatic carbocycles. The lowest BCUT2D eigenvalue weighted by Gasteiger charge is -2.19. The Balaban J connectivity index is 2.08. The summed E-state index contributed by atoms with van der Waals surface area (Å²) < 4.78 is 0. The molecule has 0 unspecified atom stereocenters. The average Bonchev–Trinajstić information content (AvgIpc) is 1.91. The highest BCUT2D eigenvalue weighted by atomic mass is 16.3. The minimum absolute atomic E-state index is 0.144. The molecule has 0 aromatic rings. The van der Waals surface area contributed by atoms with Gasteiger partial charge >= 0.3 is 0 Å². The molecule has 1 aliphatic rings. The topological polar surface area (TPSA) is 20.2 Å². The Morgan fingerprint density at radius 2 is 1.89 bits per heavy atom. The predicted octanol–water partition coefficient (Wildman–Crippen LogP) is 1.64. The standard InChI is InChI=1S/C8H14O/c9-7-6-8-4-2-1-3-5-8/h8-9H,1-5,7H2. The van der Waals surface area contributed by atoms with Gasteiger partial charge in [0.05, 0.1) is 6.61 Å². The van der Waals surface area contributed by atoms with Crippen LogP contribution in [0.15, 0.2) is 0 Å². The third-order valence-electron chi connectivity index (χ3n) is 1.99. The summed E-state index contributed by atoms with van der Waals surface area (Å²) >= 11 is 0. The van der Waals surface area contributed by atoms with Crippen LogP contribution in [-0.4, -0.2) is 11.7 Å². The van der Waals surface area contributed by atoms with E-state index in [1.807, 2.05) is 0 Å². The molecular formula is C8H14O. The maximum absolute atomic E-state index is 8.51. The third kappa shape index (κ3) is 2.35. The molecule has 52 valence electrons. The van der Waals surface area contributed by atoms with E-state index >= 15 is 0 Å². The SMILES string of the molecule is OC[C]C1CCCCC1. The van der Waals surface area contributed by atoms with Gasteiger partial charge in [-0.05, 0) is 18.8 Å². The van der Waals surface area contributed by atoms with Gasteiger partial charge in [-0.1, -0.05) is 19.3 Å². The molecule has 0 heterocycles. The van der Waals surface area contributed by atoms with E-state index in [2.05, 4.69) is 6.42 Å². The first-order valence-electron chi connectivity index (χ1n) is 3.77. The van der Waals surface area contributed by atoms with E-state index in [0.717, 1.165) is 0 Å². The van der Waals surface area contributed by atoms with Crippen molar-refractivity contribution in [2.24, 2.45) is 5.92 Å². The maximum atomic E-state index is 8.51. The summed E-state index contributed by atoms with van der Waals surface area (Å²) in [6.45, 7) is 0.144. The number of hydrogen-bond donors (Lipinski definition) is 1. The Bertz CT molecular complexity index is 62.2. The van der Waals surface area contributed by atoms with Crippen LogP contribution in [-0.2, 0) is 0 Å². The molecule has 1 nitrogen and oxygen atoms in total. The zero-order chi connectivity index (χ0) is 6.53. The first-order valence-corrected chi connectivity index (χ1v) is 3.77. The van der Waals surface area contributed by atoms with Gasteiger partial charge in [0.1, 0.15) is 0 Å². The summed E-state index contributed by atoms with van der Waals surface area (Å²) in [6, 6.07) is 0. The van der Waals surface area contributed by atoms with Gasteiger partial charge < -0.3 is 5.11 Å². The highest BCUT2D eigenvalue weighted by molar-refractivity contribution is 4.77. The number of aliphatic hydroxyl groups is 1. The lowest BCUT2D eigenvalue weighted by molar-refractivity contribution is 0.288. The monoisotopic (exact) mass is 126 g/mol. The summed E-state index contributed by atoms with van der Waals surface area (Å²) in [5, 5.41) is 8.51. The Morgan fingerprint density at radius 1 is 1.22 bits per heavy atom. The molecule has 1 aliphatic carbocycles. The van der Waals surface area contributed by atoms with Crippen molar-refractivity contribution in [1.29, 1.82) is 0 Å². The van der Waals surface area contributed by atoms with Crippen molar-refractivity contribution in [2.75, 3.05) is 6.61 Å². The molecule has 1 N–H and O–H groups in total. The van der Waals surface area contributed by atoms with Crippen molar-refractivity contribution in [3.63, 3.8) is 0 Å². The molecule has 0 bridgehead atoms. The molecule has 0 amide bonds. The van der Waals surface area contributed by atoms with Crippen molar-refractivity contribution in [1.82, 2.24) is 0 Å². The van der Waals surface area contributed by atoms with E-state index in [-0.39, 0.29) is 6.61 Å². The molecule has 1 saturated carbocycles. The quantitative estimate of drug-likeness (QED) is 0.596. The molecule has 0 spiro atoms. The first kappa shape index (κ1) is 7.07. The lowest BCUT2D eigenvalue weighted by atomic mass is 9.87. The summed E-state index contributed by atoms with van der Waals surface area (Å²) in [5.41, 5.74) is 0. The van der Waals surface area contributed by atoms with Crippen molar-refractivity contribution >= 4 is 0 Å². The van der Waals surface area contributed by atoms with Crippen LogP contribution < -0.4 is 0 Å². The van der Waals surface area contributed by atoms with Crippen molar-refractivity contribution in [2.45, 2.75) is 32.1 Å². The van der Waals surface area contributed by atoms with Crippen LogP contribution in [0.3, 0.4) is 0 Å². The third-order valence-corrected chi connectivity index (χ3v) is 1.99. The molecule has 1 heteroatoms. The zero-order valence-electron chi connectivity index (χ0n) is 5.77. The normalized spacial score (nSPS) is 22.3. The summed E-state index contributed by atoms with van der Waals surface area (Å²) in [5.74, 6) is 0.601. The Kier molecular flexibility index (Phi) is 3.05. The Morgan fingerprint density at radius 3 is 2.44 bits per heavy atom. The second-order valence-electron chi connectivity index (χ2n) is 2.70. The highest BCUT2D eigenvalue weighted by Crippen LogP contribution is 2.24. The minimum Gasteiger partial charge on any atom is -0.396 e. The van der Waals surface area contributed by atoms with Crippen LogP contribution in [0, 0.1) is 12.3 Å². The van der Waals surface area contributed by atoms with E-state index < -0.39 is 0 Å². The van der Waals surface area contributed by atoms with Gasteiger partial charge in [-0.3, -0.25) is 0 Å². The molecular weight excluding hydrogens is 112 g/mol. The molecule has 2 radical (unpaired) electrons. The van der Waals surface area contributed by atoms with Crippen molar-refractivity contribution < 1.29 is 5.11 Å². The van der Waals surface area contributed by atoms with Gasteiger partial charge in [0.2, 0.25) is 0 Å². The minimum atomic E-state index is 0.144. The molecule has 0 aliphatic heterocycles. The fourth-order valence-electron chi connectivity index (χ4n) is 1.44. The highest BCUT2D eigenvalue weighted by Gasteiger charge is 2.12. The fraction of sp³-hybridized carbons (Fsp3) is 0.875. The van der Waals surface area contributed by atoms with Gasteiger partial charge in [0.25, 0.3) is 0 Å². The number of rotatable bonds is 2.